The maximum absolute atomic E-state index is 13.5. The molecular formula is C63H119N2O7P. The average molecular weight is 1050 g/mol. The molecule has 0 saturated heterocycles. The monoisotopic (exact) mass is 1050 g/mol. The second-order valence-electron chi connectivity index (χ2n) is 22.2. The first kappa shape index (κ1) is 71.0. The van der Waals surface area contributed by atoms with E-state index in [9.17, 15) is 19.0 Å². The molecule has 9 nitrogen and oxygen atoms in total. The molecule has 0 aromatic heterocycles. The van der Waals surface area contributed by atoms with Crippen LogP contribution in [0.4, 0.5) is 0 Å². The second kappa shape index (κ2) is 53.4. The number of nitrogens with one attached hydrogen (secondary N) is 1. The molecule has 0 spiro atoms. The SMILES string of the molecule is CCCCC/C=C\C/C=C\C/C=C\CCCCCCCCCCC(=O)NC(COP(=O)([O-])OCC[N+](C)(C)C)C(/C=C\CCCCCCCCCCCCC)OC(=O)CCCCCCCCCCCCCCC. The van der Waals surface area contributed by atoms with Crippen molar-refractivity contribution in [2.75, 3.05) is 40.9 Å². The second-order valence-corrected chi connectivity index (χ2v) is 23.6. The average Bonchev–Trinajstić information content (AvgIpc) is 3.35. The Bertz CT molecular complexity index is 1390. The Morgan fingerprint density at radius 1 is 0.479 bits per heavy atom. The summed E-state index contributed by atoms with van der Waals surface area (Å²) in [5.41, 5.74) is 0. The first-order valence-corrected chi connectivity index (χ1v) is 32.4. The van der Waals surface area contributed by atoms with Gasteiger partial charge in [-0.15, -0.1) is 0 Å². The number of hydrogen-bond donors (Lipinski definition) is 1. The van der Waals surface area contributed by atoms with E-state index in [-0.39, 0.29) is 31.5 Å². The van der Waals surface area contributed by atoms with Crippen molar-refractivity contribution in [3.05, 3.63) is 48.6 Å². The van der Waals surface area contributed by atoms with Crippen molar-refractivity contribution in [3.63, 3.8) is 0 Å². The lowest BCUT2D eigenvalue weighted by Gasteiger charge is -2.30. The molecule has 3 atom stereocenters. The summed E-state index contributed by atoms with van der Waals surface area (Å²) >= 11 is 0. The van der Waals surface area contributed by atoms with Crippen LogP contribution in [0.3, 0.4) is 0 Å². The van der Waals surface area contributed by atoms with Crippen molar-refractivity contribution in [2.45, 2.75) is 303 Å². The number of ether oxygens (including phenoxy) is 1. The topological polar surface area (TPSA) is 114 Å². The van der Waals surface area contributed by atoms with Crippen LogP contribution in [-0.2, 0) is 27.9 Å². The Kier molecular flexibility index (Phi) is 51.9. The van der Waals surface area contributed by atoms with Crippen LogP contribution >= 0.6 is 7.82 Å². The smallest absolute Gasteiger partial charge is 0.306 e. The first-order chi connectivity index (χ1) is 35.4. The molecular weight excluding hydrogens is 928 g/mol. The lowest BCUT2D eigenvalue weighted by molar-refractivity contribution is -0.870. The summed E-state index contributed by atoms with van der Waals surface area (Å²) in [6, 6.07) is -0.889. The fourth-order valence-electron chi connectivity index (χ4n) is 8.94. The molecule has 0 aliphatic carbocycles. The molecule has 0 heterocycles. The van der Waals surface area contributed by atoms with Gasteiger partial charge in [-0.05, 0) is 70.3 Å². The summed E-state index contributed by atoms with van der Waals surface area (Å²) in [5.74, 6) is -0.540. The number of rotatable bonds is 56. The fourth-order valence-corrected chi connectivity index (χ4v) is 9.66. The Balaban J connectivity index is 5.25. The van der Waals surface area contributed by atoms with Crippen LogP contribution in [0.1, 0.15) is 290 Å². The molecule has 0 aliphatic heterocycles. The van der Waals surface area contributed by atoms with E-state index < -0.39 is 20.0 Å². The highest BCUT2D eigenvalue weighted by atomic mass is 31.2. The van der Waals surface area contributed by atoms with Crippen LogP contribution in [0, 0.1) is 0 Å². The molecule has 0 saturated carbocycles. The minimum Gasteiger partial charge on any atom is -0.756 e. The predicted molar refractivity (Wildman–Crippen MR) is 312 cm³/mol. The van der Waals surface area contributed by atoms with E-state index in [0.717, 1.165) is 83.5 Å². The number of nitrogens with zero attached hydrogens (tertiary/aromatic N) is 1. The van der Waals surface area contributed by atoms with E-state index in [4.69, 9.17) is 13.8 Å². The third-order valence-corrected chi connectivity index (χ3v) is 14.7. The highest BCUT2D eigenvalue weighted by Gasteiger charge is 2.27. The maximum Gasteiger partial charge on any atom is 0.306 e. The van der Waals surface area contributed by atoms with Crippen molar-refractivity contribution >= 4 is 19.7 Å². The summed E-state index contributed by atoms with van der Waals surface area (Å²) < 4.78 is 30.3. The summed E-state index contributed by atoms with van der Waals surface area (Å²) in [5, 5.41) is 3.03. The molecule has 0 fully saturated rings. The number of phosphoric acid groups is 1. The Labute approximate surface area is 452 Å². The molecule has 0 radical (unpaired) electrons. The minimum absolute atomic E-state index is 0.0228. The largest absolute Gasteiger partial charge is 0.756 e. The van der Waals surface area contributed by atoms with Crippen molar-refractivity contribution in [2.24, 2.45) is 0 Å². The van der Waals surface area contributed by atoms with Crippen molar-refractivity contribution in [1.82, 2.24) is 5.32 Å². The molecule has 428 valence electrons. The van der Waals surface area contributed by atoms with Crippen molar-refractivity contribution < 1.29 is 37.3 Å². The number of hydrogen-bond acceptors (Lipinski definition) is 7. The molecule has 10 heteroatoms. The van der Waals surface area contributed by atoms with E-state index in [2.05, 4.69) is 62.5 Å². The van der Waals surface area contributed by atoms with Gasteiger partial charge in [0.1, 0.15) is 19.3 Å². The molecule has 0 rings (SSSR count). The number of quaternary nitrogens is 1. The maximum atomic E-state index is 13.5. The zero-order chi connectivity index (χ0) is 53.6. The van der Waals surface area contributed by atoms with Gasteiger partial charge < -0.3 is 28.5 Å². The number of carbonyl (C=O) groups excluding carboxylic acids is 2. The van der Waals surface area contributed by atoms with Crippen molar-refractivity contribution in [1.29, 1.82) is 0 Å². The molecule has 0 bridgehead atoms. The van der Waals surface area contributed by atoms with Gasteiger partial charge in [-0.2, -0.15) is 0 Å². The first-order valence-electron chi connectivity index (χ1n) is 30.9. The van der Waals surface area contributed by atoms with Crippen LogP contribution in [0.5, 0.6) is 0 Å². The summed E-state index contributed by atoms with van der Waals surface area (Å²) in [6.45, 7) is 6.83. The van der Waals surface area contributed by atoms with Gasteiger partial charge in [-0.1, -0.05) is 256 Å². The summed E-state index contributed by atoms with van der Waals surface area (Å²) in [7, 11) is 1.19. The fraction of sp³-hybridized carbons (Fsp3) is 0.841. The quantitative estimate of drug-likeness (QED) is 0.0212. The van der Waals surface area contributed by atoms with Crippen LogP contribution in [0.25, 0.3) is 0 Å². The number of amides is 1. The Hall–Kier alpha value is -2.03. The molecule has 0 aromatic rings. The normalized spacial score (nSPS) is 14.0. The van der Waals surface area contributed by atoms with Gasteiger partial charge in [0.05, 0.1) is 33.8 Å². The molecule has 0 aromatic carbocycles. The number of esters is 1. The van der Waals surface area contributed by atoms with Gasteiger partial charge in [0.2, 0.25) is 5.91 Å². The lowest BCUT2D eigenvalue weighted by atomic mass is 10.0. The zero-order valence-electron chi connectivity index (χ0n) is 48.8. The number of carbonyl (C=O) groups is 2. The van der Waals surface area contributed by atoms with E-state index in [1.807, 2.05) is 33.3 Å². The van der Waals surface area contributed by atoms with Crippen LogP contribution < -0.4 is 10.2 Å². The standard InChI is InChI=1S/C63H119N2O7P/c1-7-10-13-16-19-22-25-28-29-30-31-32-33-34-35-38-40-43-46-49-52-55-62(66)64-60(59-71-73(68,69)70-58-57-65(4,5)6)61(54-51-48-45-42-39-36-26-23-20-17-14-11-8-2)72-63(67)56-53-50-47-44-41-37-27-24-21-18-15-12-9-3/h19,22,28-29,31-32,51,54,60-61H,7-18,20-21,23-27,30,33-50,52-53,55-59H2,1-6H3,(H-,64,66,68,69)/b22-19-,29-28-,32-31-,54-51-. The summed E-state index contributed by atoms with van der Waals surface area (Å²) in [4.78, 5) is 39.9. The number of likely N-dealkylation sites (N-methyl/N-ethyl adjacent to an activating group) is 1. The van der Waals surface area contributed by atoms with E-state index in [0.29, 0.717) is 17.4 Å². The number of phosphoric ester groups is 1. The van der Waals surface area contributed by atoms with E-state index in [1.165, 1.54) is 173 Å². The number of unbranched alkanes of at least 4 members (excludes halogenated alkanes) is 34. The zero-order valence-corrected chi connectivity index (χ0v) is 49.7. The van der Waals surface area contributed by atoms with Crippen LogP contribution in [0.15, 0.2) is 48.6 Å². The van der Waals surface area contributed by atoms with Crippen LogP contribution in [0.2, 0.25) is 0 Å². The van der Waals surface area contributed by atoms with Gasteiger partial charge in [0, 0.05) is 12.8 Å². The summed E-state index contributed by atoms with van der Waals surface area (Å²) in [6.07, 6.45) is 64.9. The van der Waals surface area contributed by atoms with Gasteiger partial charge >= 0.3 is 5.97 Å². The Morgan fingerprint density at radius 3 is 1.27 bits per heavy atom. The predicted octanol–water partition coefficient (Wildman–Crippen LogP) is 18.3. The highest BCUT2D eigenvalue weighted by molar-refractivity contribution is 7.45. The third-order valence-electron chi connectivity index (χ3n) is 13.8. The van der Waals surface area contributed by atoms with Crippen LogP contribution in [-0.4, -0.2) is 69.4 Å². The minimum atomic E-state index is -4.70. The number of allylic oxidation sites excluding steroid dienone is 7. The Morgan fingerprint density at radius 2 is 0.836 bits per heavy atom. The highest BCUT2D eigenvalue weighted by Crippen LogP contribution is 2.38. The molecule has 73 heavy (non-hydrogen) atoms. The van der Waals surface area contributed by atoms with Crippen molar-refractivity contribution in [3.8, 4) is 0 Å². The molecule has 0 aliphatic rings. The molecule has 3 unspecified atom stereocenters. The van der Waals surface area contributed by atoms with Gasteiger partial charge in [0.15, 0.2) is 0 Å². The lowest BCUT2D eigenvalue weighted by Crippen LogP contribution is -2.47. The van der Waals surface area contributed by atoms with E-state index in [1.54, 1.807) is 0 Å². The molecule has 1 amide bonds. The van der Waals surface area contributed by atoms with Gasteiger partial charge in [-0.25, -0.2) is 0 Å². The van der Waals surface area contributed by atoms with Gasteiger partial charge in [0.25, 0.3) is 7.82 Å². The van der Waals surface area contributed by atoms with E-state index >= 15 is 0 Å². The molecule has 1 N–H and O–H groups in total. The third kappa shape index (κ3) is 54.6. The van der Waals surface area contributed by atoms with Gasteiger partial charge in [-0.3, -0.25) is 14.2 Å².